The average molecular weight is 652 g/mol. The van der Waals surface area contributed by atoms with Crippen molar-refractivity contribution in [2.75, 3.05) is 26.2 Å². The second-order valence-electron chi connectivity index (χ2n) is 13.1. The minimum absolute atomic E-state index is 0.0574. The molecule has 3 fully saturated rings. The van der Waals surface area contributed by atoms with E-state index in [1.54, 1.807) is 28.9 Å². The first-order chi connectivity index (χ1) is 22.7. The lowest BCUT2D eigenvalue weighted by atomic mass is 9.70. The lowest BCUT2D eigenvalue weighted by molar-refractivity contribution is -0.162. The van der Waals surface area contributed by atoms with Gasteiger partial charge in [-0.05, 0) is 57.4 Å². The van der Waals surface area contributed by atoms with Crippen molar-refractivity contribution in [2.45, 2.75) is 108 Å². The molecule has 0 radical (unpaired) electrons. The average Bonchev–Trinajstić information content (AvgIpc) is 3.71. The fourth-order valence-corrected chi connectivity index (χ4v) is 7.62. The number of amides is 3. The molecule has 7 atom stereocenters. The number of ether oxygens (including phenoxy) is 2. The number of nitrogens with one attached hydrogen (secondary N) is 1. The molecule has 0 aliphatic carbocycles. The maximum absolute atomic E-state index is 14.4. The van der Waals surface area contributed by atoms with Gasteiger partial charge >= 0.3 is 5.97 Å². The van der Waals surface area contributed by atoms with Gasteiger partial charge in [-0.25, -0.2) is 0 Å². The largest absolute Gasteiger partial charge is 0.455 e. The second kappa shape index (κ2) is 17.1. The highest BCUT2D eigenvalue weighted by Crippen LogP contribution is 2.59. The van der Waals surface area contributed by atoms with Gasteiger partial charge in [0, 0.05) is 32.7 Å². The van der Waals surface area contributed by atoms with E-state index in [9.17, 15) is 24.3 Å². The number of nitrogens with zero attached hydrogens (tertiary/aromatic N) is 2. The Hall–Kier alpha value is -3.50. The number of esters is 1. The topological polar surface area (TPSA) is 125 Å². The summed E-state index contributed by atoms with van der Waals surface area (Å²) in [6.45, 7) is 12.7. The lowest BCUT2D eigenvalue weighted by Crippen LogP contribution is -2.56. The molecule has 1 aromatic rings. The van der Waals surface area contributed by atoms with Crippen LogP contribution < -0.4 is 5.32 Å². The van der Waals surface area contributed by atoms with Gasteiger partial charge in [-0.3, -0.25) is 19.2 Å². The predicted octanol–water partition coefficient (Wildman–Crippen LogP) is 4.48. The molecule has 258 valence electrons. The molecule has 0 saturated carbocycles. The summed E-state index contributed by atoms with van der Waals surface area (Å²) in [5, 5.41) is 12.3. The number of hydrogen-bond donors (Lipinski definition) is 2. The summed E-state index contributed by atoms with van der Waals surface area (Å²) in [4.78, 5) is 59.0. The number of hydrogen-bond acceptors (Lipinski definition) is 7. The molecule has 3 amide bonds. The number of carbonyl (C=O) groups is 4. The first-order valence-electron chi connectivity index (χ1n) is 17.4. The third-order valence-electron chi connectivity index (χ3n) is 9.85. The number of benzene rings is 1. The zero-order chi connectivity index (χ0) is 34.0. The van der Waals surface area contributed by atoms with Crippen LogP contribution in [0.25, 0.3) is 0 Å². The van der Waals surface area contributed by atoms with Crippen LogP contribution in [-0.2, 0) is 28.7 Å². The fourth-order valence-electron chi connectivity index (χ4n) is 7.62. The Balaban J connectivity index is 1.63. The number of fused-ring (bicyclic) bond motifs is 1. The Morgan fingerprint density at radius 1 is 1.15 bits per heavy atom. The number of aliphatic hydroxyl groups is 1. The number of unbranched alkanes of at least 4 members (excludes halogenated alkanes) is 4. The van der Waals surface area contributed by atoms with E-state index < -0.39 is 47.7 Å². The third-order valence-corrected chi connectivity index (χ3v) is 9.85. The normalized spacial score (nSPS) is 25.6. The van der Waals surface area contributed by atoms with Crippen LogP contribution in [-0.4, -0.2) is 88.6 Å². The molecule has 1 spiro atoms. The van der Waals surface area contributed by atoms with Crippen LogP contribution in [0, 0.1) is 11.8 Å². The summed E-state index contributed by atoms with van der Waals surface area (Å²) in [6.07, 6.45) is 8.62. The molecule has 47 heavy (non-hydrogen) atoms. The first-order valence-corrected chi connectivity index (χ1v) is 17.4. The molecule has 3 aliphatic heterocycles. The van der Waals surface area contributed by atoms with Crippen LogP contribution in [0.15, 0.2) is 55.6 Å². The Bertz CT molecular complexity index is 1260. The van der Waals surface area contributed by atoms with E-state index in [0.29, 0.717) is 58.2 Å². The molecule has 1 aromatic carbocycles. The fraction of sp³-hybridized carbons (Fsp3) is 0.622. The first kappa shape index (κ1) is 36.3. The summed E-state index contributed by atoms with van der Waals surface area (Å²) >= 11 is 0. The quantitative estimate of drug-likeness (QED) is 0.121. The lowest BCUT2D eigenvalue weighted by Gasteiger charge is -2.37. The second-order valence-corrected chi connectivity index (χ2v) is 13.1. The van der Waals surface area contributed by atoms with E-state index >= 15 is 0 Å². The van der Waals surface area contributed by atoms with Gasteiger partial charge in [0.1, 0.15) is 17.7 Å². The van der Waals surface area contributed by atoms with Gasteiger partial charge in [0.05, 0.1) is 24.0 Å². The van der Waals surface area contributed by atoms with Crippen LogP contribution >= 0.6 is 0 Å². The van der Waals surface area contributed by atoms with E-state index in [0.717, 1.165) is 24.8 Å². The van der Waals surface area contributed by atoms with Gasteiger partial charge in [-0.1, -0.05) is 62.2 Å². The Morgan fingerprint density at radius 3 is 2.60 bits per heavy atom. The van der Waals surface area contributed by atoms with Crippen molar-refractivity contribution < 1.29 is 33.8 Å². The monoisotopic (exact) mass is 651 g/mol. The van der Waals surface area contributed by atoms with Crippen LogP contribution in [0.4, 0.5) is 0 Å². The maximum atomic E-state index is 14.4. The van der Waals surface area contributed by atoms with Gasteiger partial charge in [-0.2, -0.15) is 0 Å². The summed E-state index contributed by atoms with van der Waals surface area (Å²) in [7, 11) is 0. The van der Waals surface area contributed by atoms with Crippen molar-refractivity contribution in [2.24, 2.45) is 11.8 Å². The van der Waals surface area contributed by atoms with Crippen LogP contribution in [0.2, 0.25) is 0 Å². The highest BCUT2D eigenvalue weighted by atomic mass is 16.6. The zero-order valence-electron chi connectivity index (χ0n) is 28.1. The van der Waals surface area contributed by atoms with Gasteiger partial charge in [-0.15, -0.1) is 13.2 Å². The smallest absolute Gasteiger partial charge is 0.313 e. The molecule has 10 heteroatoms. The molecule has 2 N–H and O–H groups in total. The van der Waals surface area contributed by atoms with Crippen molar-refractivity contribution in [3.63, 3.8) is 0 Å². The number of likely N-dealkylation sites (tertiary alicyclic amines) is 1. The van der Waals surface area contributed by atoms with Gasteiger partial charge in [0.15, 0.2) is 0 Å². The standard InChI is InChI=1S/C37H53N3O7/c1-5-8-14-23-39(22-7-3)35(44)33-37-21-20-28(47-37)30(31(37)34(43)40(33)24-15-11-16-25-41)36(45)46-32(27-17-12-10-13-18-27)26(4)38-29(42)19-9-6-2/h6-7,10,12-13,17-18,26,28,30-33,41H,2-3,5,8-9,11,14-16,19-25H2,1,4H3,(H,38,42)/t26-,28+,30-,31-,32-,33+,37-/m0/s1. The van der Waals surface area contributed by atoms with Crippen LogP contribution in [0.1, 0.15) is 89.7 Å². The molecule has 2 bridgehead atoms. The van der Waals surface area contributed by atoms with Crippen molar-refractivity contribution in [3.8, 4) is 0 Å². The maximum Gasteiger partial charge on any atom is 0.313 e. The summed E-state index contributed by atoms with van der Waals surface area (Å²) < 4.78 is 12.9. The Labute approximate surface area is 279 Å². The van der Waals surface area contributed by atoms with E-state index in [2.05, 4.69) is 25.4 Å². The molecule has 10 nitrogen and oxygen atoms in total. The number of rotatable bonds is 20. The highest BCUT2D eigenvalue weighted by Gasteiger charge is 2.75. The van der Waals surface area contributed by atoms with Gasteiger partial charge in [0.2, 0.25) is 17.7 Å². The minimum Gasteiger partial charge on any atom is -0.455 e. The number of allylic oxidation sites excluding steroid dienone is 1. The van der Waals surface area contributed by atoms with Crippen LogP contribution in [0.5, 0.6) is 0 Å². The Kier molecular flexibility index (Phi) is 13.2. The van der Waals surface area contributed by atoms with Crippen LogP contribution in [0.3, 0.4) is 0 Å². The molecule has 3 aliphatic rings. The summed E-state index contributed by atoms with van der Waals surface area (Å²) in [6, 6.07) is 7.85. The van der Waals surface area contributed by atoms with Crippen molar-refractivity contribution in [3.05, 3.63) is 61.2 Å². The molecule has 0 aromatic heterocycles. The molecule has 4 rings (SSSR count). The van der Waals surface area contributed by atoms with Crippen molar-refractivity contribution in [1.82, 2.24) is 15.1 Å². The number of aliphatic hydroxyl groups excluding tert-OH is 1. The SMILES string of the molecule is C=CCCC(=O)N[C@@H](C)[C@H](OC(=O)[C@@H]1[C@H]2C(=O)N(CCCCCO)[C@H](C(=O)N(CC=C)CCCCC)[C@]23CC[C@H]1O3)c1ccccc1. The van der Waals surface area contributed by atoms with E-state index in [-0.39, 0.29) is 30.7 Å². The predicted molar refractivity (Wildman–Crippen MR) is 179 cm³/mol. The van der Waals surface area contributed by atoms with Crippen molar-refractivity contribution in [1.29, 1.82) is 0 Å². The van der Waals surface area contributed by atoms with E-state index in [1.165, 1.54) is 0 Å². The molecular formula is C37H53N3O7. The number of carbonyl (C=O) groups excluding carboxylic acids is 4. The zero-order valence-corrected chi connectivity index (χ0v) is 28.1. The highest BCUT2D eigenvalue weighted by molar-refractivity contribution is 5.98. The van der Waals surface area contributed by atoms with Crippen molar-refractivity contribution >= 4 is 23.7 Å². The summed E-state index contributed by atoms with van der Waals surface area (Å²) in [5.74, 6) is -2.90. The molecule has 3 saturated heterocycles. The summed E-state index contributed by atoms with van der Waals surface area (Å²) in [5.41, 5.74) is -0.407. The van der Waals surface area contributed by atoms with E-state index in [4.69, 9.17) is 9.47 Å². The van der Waals surface area contributed by atoms with Gasteiger partial charge in [0.25, 0.3) is 0 Å². The Morgan fingerprint density at radius 2 is 1.91 bits per heavy atom. The minimum atomic E-state index is -1.13. The molecule has 3 heterocycles. The van der Waals surface area contributed by atoms with E-state index in [1.807, 2.05) is 30.3 Å². The van der Waals surface area contributed by atoms with Gasteiger partial charge < -0.3 is 29.7 Å². The molecular weight excluding hydrogens is 598 g/mol. The molecule has 0 unspecified atom stereocenters. The third kappa shape index (κ3) is 7.97.